The molecule has 1 unspecified atom stereocenters. The van der Waals surface area contributed by atoms with Crippen LogP contribution in [0, 0.1) is 13.8 Å². The normalized spacial score (nSPS) is 12.1. The van der Waals surface area contributed by atoms with Gasteiger partial charge in [-0.1, -0.05) is 31.2 Å². The van der Waals surface area contributed by atoms with Gasteiger partial charge < -0.3 is 15.0 Å². The molecule has 0 aliphatic heterocycles. The van der Waals surface area contributed by atoms with Crippen molar-refractivity contribution in [2.45, 2.75) is 52.6 Å². The molecule has 0 heterocycles. The number of nitrogens with zero attached hydrogens (tertiary/aromatic N) is 2. The number of ether oxygens (including phenoxy) is 1. The van der Waals surface area contributed by atoms with Gasteiger partial charge >= 0.3 is 0 Å². The highest BCUT2D eigenvalue weighted by Crippen LogP contribution is 2.25. The molecule has 1 N–H and O–H groups in total. The first kappa shape index (κ1) is 28.2. The van der Waals surface area contributed by atoms with Gasteiger partial charge in [0, 0.05) is 26.6 Å². The van der Waals surface area contributed by atoms with Crippen molar-refractivity contribution in [2.24, 2.45) is 0 Å². The van der Waals surface area contributed by atoms with Crippen LogP contribution in [0.1, 0.15) is 42.9 Å². The summed E-state index contributed by atoms with van der Waals surface area (Å²) in [6, 6.07) is 12.4. The number of sulfonamides is 1. The number of benzene rings is 2. The third kappa shape index (κ3) is 7.71. The van der Waals surface area contributed by atoms with Gasteiger partial charge in [0.1, 0.15) is 11.8 Å². The minimum absolute atomic E-state index is 0.106. The van der Waals surface area contributed by atoms with Crippen LogP contribution >= 0.6 is 0 Å². The van der Waals surface area contributed by atoms with E-state index in [-0.39, 0.29) is 31.3 Å². The SMILES string of the molecule is CCC(C(=O)NC)N(Cc1cccc(OC)c1)C(=O)CCCN(c1cc(C)ccc1C)S(C)(=O)=O. The van der Waals surface area contributed by atoms with Crippen molar-refractivity contribution in [1.29, 1.82) is 0 Å². The van der Waals surface area contributed by atoms with E-state index in [0.717, 1.165) is 16.7 Å². The molecule has 35 heavy (non-hydrogen) atoms. The summed E-state index contributed by atoms with van der Waals surface area (Å²) in [5.41, 5.74) is 3.26. The summed E-state index contributed by atoms with van der Waals surface area (Å²) in [7, 11) is -0.416. The predicted molar refractivity (Wildman–Crippen MR) is 139 cm³/mol. The molecule has 2 rings (SSSR count). The Hall–Kier alpha value is -3.07. The zero-order chi connectivity index (χ0) is 26.2. The average molecular weight is 504 g/mol. The van der Waals surface area contributed by atoms with E-state index in [1.54, 1.807) is 19.1 Å². The number of carbonyl (C=O) groups is 2. The average Bonchev–Trinajstić information content (AvgIpc) is 2.82. The van der Waals surface area contributed by atoms with Gasteiger partial charge in [0.05, 0.1) is 19.1 Å². The van der Waals surface area contributed by atoms with E-state index in [1.807, 2.05) is 63.2 Å². The van der Waals surface area contributed by atoms with Crippen LogP contribution in [-0.4, -0.2) is 58.1 Å². The van der Waals surface area contributed by atoms with Crippen molar-refractivity contribution in [3.05, 3.63) is 59.2 Å². The predicted octanol–water partition coefficient (Wildman–Crippen LogP) is 3.41. The Morgan fingerprint density at radius 3 is 2.43 bits per heavy atom. The molecule has 2 amide bonds. The first-order chi connectivity index (χ1) is 16.5. The first-order valence-electron chi connectivity index (χ1n) is 11.7. The summed E-state index contributed by atoms with van der Waals surface area (Å²) in [4.78, 5) is 27.5. The molecule has 192 valence electrons. The lowest BCUT2D eigenvalue weighted by atomic mass is 10.1. The van der Waals surface area contributed by atoms with Gasteiger partial charge in [-0.3, -0.25) is 13.9 Å². The Kier molecular flexibility index (Phi) is 10.1. The quantitative estimate of drug-likeness (QED) is 0.479. The highest BCUT2D eigenvalue weighted by atomic mass is 32.2. The maximum absolute atomic E-state index is 13.4. The fourth-order valence-corrected chi connectivity index (χ4v) is 5.04. The second kappa shape index (κ2) is 12.6. The number of likely N-dealkylation sites (N-methyl/N-ethyl adjacent to an activating group) is 1. The number of hydrogen-bond acceptors (Lipinski definition) is 5. The van der Waals surface area contributed by atoms with Crippen LogP contribution in [0.4, 0.5) is 5.69 Å². The Bertz CT molecular complexity index is 1130. The van der Waals surface area contributed by atoms with Gasteiger partial charge in [-0.25, -0.2) is 8.42 Å². The number of aryl methyl sites for hydroxylation is 2. The molecule has 0 aliphatic rings. The maximum Gasteiger partial charge on any atom is 0.242 e. The van der Waals surface area contributed by atoms with Crippen molar-refractivity contribution in [3.8, 4) is 5.75 Å². The number of anilines is 1. The Morgan fingerprint density at radius 1 is 1.11 bits per heavy atom. The number of amides is 2. The van der Waals surface area contributed by atoms with Gasteiger partial charge in [-0.05, 0) is 61.6 Å². The third-order valence-electron chi connectivity index (χ3n) is 5.90. The van der Waals surface area contributed by atoms with Crippen molar-refractivity contribution in [2.75, 3.05) is 31.3 Å². The second-order valence-corrected chi connectivity index (χ2v) is 10.5. The van der Waals surface area contributed by atoms with Gasteiger partial charge in [0.15, 0.2) is 0 Å². The molecule has 0 fully saturated rings. The summed E-state index contributed by atoms with van der Waals surface area (Å²) in [5.74, 6) is 0.217. The van der Waals surface area contributed by atoms with Crippen LogP contribution in [0.3, 0.4) is 0 Å². The Balaban J connectivity index is 2.24. The standard InChI is InChI=1S/C26H37N3O5S/c1-7-23(26(31)27-4)28(18-21-10-8-11-22(17-21)34-5)25(30)12-9-15-29(35(6,32)33)24-16-19(2)13-14-20(24)3/h8,10-11,13-14,16-17,23H,7,9,12,15,18H2,1-6H3,(H,27,31). The summed E-state index contributed by atoms with van der Waals surface area (Å²) in [6.07, 6.45) is 2.05. The van der Waals surface area contributed by atoms with Crippen LogP contribution in [0.25, 0.3) is 0 Å². The molecule has 0 spiro atoms. The van der Waals surface area contributed by atoms with E-state index in [9.17, 15) is 18.0 Å². The molecule has 0 aromatic heterocycles. The summed E-state index contributed by atoms with van der Waals surface area (Å²) >= 11 is 0. The second-order valence-electron chi connectivity index (χ2n) is 8.64. The van der Waals surface area contributed by atoms with Gasteiger partial charge in [0.2, 0.25) is 21.8 Å². The van der Waals surface area contributed by atoms with E-state index in [1.165, 1.54) is 10.6 Å². The monoisotopic (exact) mass is 503 g/mol. The van der Waals surface area contributed by atoms with Gasteiger partial charge in [-0.15, -0.1) is 0 Å². The van der Waals surface area contributed by atoms with Crippen LogP contribution in [-0.2, 0) is 26.2 Å². The lowest BCUT2D eigenvalue weighted by Crippen LogP contribution is -2.48. The summed E-state index contributed by atoms with van der Waals surface area (Å²) in [5, 5.41) is 2.64. The molecule has 0 saturated carbocycles. The van der Waals surface area contributed by atoms with Crippen molar-refractivity contribution >= 4 is 27.5 Å². The number of methoxy groups -OCH3 is 1. The lowest BCUT2D eigenvalue weighted by molar-refractivity contribution is -0.141. The van der Waals surface area contributed by atoms with Crippen LogP contribution in [0.2, 0.25) is 0 Å². The van der Waals surface area contributed by atoms with Crippen LogP contribution in [0.15, 0.2) is 42.5 Å². The molecular formula is C26H37N3O5S. The lowest BCUT2D eigenvalue weighted by Gasteiger charge is -2.31. The van der Waals surface area contributed by atoms with E-state index in [0.29, 0.717) is 24.3 Å². The topological polar surface area (TPSA) is 96.0 Å². The van der Waals surface area contributed by atoms with Crippen LogP contribution in [0.5, 0.6) is 5.75 Å². The van der Waals surface area contributed by atoms with E-state index in [2.05, 4.69) is 5.32 Å². The summed E-state index contributed by atoms with van der Waals surface area (Å²) < 4.78 is 31.8. The molecular weight excluding hydrogens is 466 g/mol. The van der Waals surface area contributed by atoms with E-state index < -0.39 is 16.1 Å². The third-order valence-corrected chi connectivity index (χ3v) is 7.08. The molecule has 8 nitrogen and oxygen atoms in total. The van der Waals surface area contributed by atoms with Crippen molar-refractivity contribution < 1.29 is 22.7 Å². The molecule has 1 atom stereocenters. The van der Waals surface area contributed by atoms with Crippen molar-refractivity contribution in [3.63, 3.8) is 0 Å². The zero-order valence-corrected chi connectivity index (χ0v) is 22.3. The molecule has 2 aromatic rings. The fraction of sp³-hybridized carbons (Fsp3) is 0.462. The molecule has 0 aliphatic carbocycles. The molecule has 0 radical (unpaired) electrons. The number of hydrogen-bond donors (Lipinski definition) is 1. The van der Waals surface area contributed by atoms with Crippen molar-refractivity contribution in [1.82, 2.24) is 10.2 Å². The number of nitrogens with one attached hydrogen (secondary N) is 1. The molecule has 2 aromatic carbocycles. The minimum atomic E-state index is -3.54. The van der Waals surface area contributed by atoms with E-state index in [4.69, 9.17) is 4.74 Å². The van der Waals surface area contributed by atoms with Crippen LogP contribution < -0.4 is 14.4 Å². The van der Waals surface area contributed by atoms with Gasteiger partial charge in [-0.2, -0.15) is 0 Å². The zero-order valence-electron chi connectivity index (χ0n) is 21.5. The summed E-state index contributed by atoms with van der Waals surface area (Å²) in [6.45, 7) is 6.04. The highest BCUT2D eigenvalue weighted by Gasteiger charge is 2.28. The van der Waals surface area contributed by atoms with Gasteiger partial charge in [0.25, 0.3) is 0 Å². The maximum atomic E-state index is 13.4. The molecule has 0 saturated heterocycles. The molecule has 0 bridgehead atoms. The minimum Gasteiger partial charge on any atom is -0.497 e. The molecule has 9 heteroatoms. The largest absolute Gasteiger partial charge is 0.497 e. The smallest absolute Gasteiger partial charge is 0.242 e. The Morgan fingerprint density at radius 2 is 1.83 bits per heavy atom. The number of rotatable bonds is 12. The van der Waals surface area contributed by atoms with E-state index >= 15 is 0 Å². The fourth-order valence-electron chi connectivity index (χ4n) is 4.02. The highest BCUT2D eigenvalue weighted by molar-refractivity contribution is 7.92. The Labute approximate surface area is 209 Å². The first-order valence-corrected chi connectivity index (χ1v) is 13.6. The number of carbonyl (C=O) groups excluding carboxylic acids is 2.